The molecule has 0 radical (unpaired) electrons. The van der Waals surface area contributed by atoms with Crippen molar-refractivity contribution in [3.05, 3.63) is 11.6 Å². The minimum atomic E-state index is 0.0731. The predicted molar refractivity (Wildman–Crippen MR) is 52.5 cm³/mol. The Morgan fingerprint density at radius 2 is 2.58 bits per heavy atom. The van der Waals surface area contributed by atoms with Crippen LogP contribution in [0, 0.1) is 0 Å². The molecule has 0 bridgehead atoms. The maximum absolute atomic E-state index is 8.59. The van der Waals surface area contributed by atoms with Crippen molar-refractivity contribution < 1.29 is 5.11 Å². The SMILES string of the molecule is NC(CCO)CSc1nccs1. The Kier molecular flexibility index (Phi) is 4.60. The summed E-state index contributed by atoms with van der Waals surface area (Å²) in [5, 5.41) is 10.5. The lowest BCUT2D eigenvalue weighted by atomic mass is 10.3. The lowest BCUT2D eigenvalue weighted by molar-refractivity contribution is 0.279. The van der Waals surface area contributed by atoms with E-state index in [0.717, 1.165) is 10.1 Å². The molecule has 0 aliphatic heterocycles. The van der Waals surface area contributed by atoms with E-state index in [0.29, 0.717) is 6.42 Å². The van der Waals surface area contributed by atoms with Gasteiger partial charge in [-0.05, 0) is 6.42 Å². The number of nitrogens with two attached hydrogens (primary N) is 1. The van der Waals surface area contributed by atoms with E-state index in [9.17, 15) is 0 Å². The summed E-state index contributed by atoms with van der Waals surface area (Å²) in [7, 11) is 0. The monoisotopic (exact) mass is 204 g/mol. The van der Waals surface area contributed by atoms with E-state index < -0.39 is 0 Å². The van der Waals surface area contributed by atoms with E-state index in [1.165, 1.54) is 0 Å². The molecule has 0 aliphatic rings. The maximum atomic E-state index is 8.59. The molecule has 1 unspecified atom stereocenters. The first-order chi connectivity index (χ1) is 5.83. The van der Waals surface area contributed by atoms with Crippen molar-refractivity contribution in [2.45, 2.75) is 16.8 Å². The van der Waals surface area contributed by atoms with Crippen molar-refractivity contribution in [1.82, 2.24) is 4.98 Å². The third-order valence-electron chi connectivity index (χ3n) is 1.33. The van der Waals surface area contributed by atoms with Crippen LogP contribution in [0.5, 0.6) is 0 Å². The van der Waals surface area contributed by atoms with Gasteiger partial charge in [0.1, 0.15) is 4.34 Å². The number of aliphatic hydroxyl groups excluding tert-OH is 1. The van der Waals surface area contributed by atoms with Crippen molar-refractivity contribution in [2.24, 2.45) is 5.73 Å². The lowest BCUT2D eigenvalue weighted by Gasteiger charge is -2.06. The molecule has 0 fully saturated rings. The molecule has 1 atom stereocenters. The van der Waals surface area contributed by atoms with Gasteiger partial charge >= 0.3 is 0 Å². The zero-order valence-corrected chi connectivity index (χ0v) is 8.27. The highest BCUT2D eigenvalue weighted by molar-refractivity contribution is 8.01. The molecular formula is C7H12N2OS2. The minimum absolute atomic E-state index is 0.0731. The van der Waals surface area contributed by atoms with Crippen molar-refractivity contribution in [2.75, 3.05) is 12.4 Å². The number of nitrogens with zero attached hydrogens (tertiary/aromatic N) is 1. The maximum Gasteiger partial charge on any atom is 0.149 e. The highest BCUT2D eigenvalue weighted by Crippen LogP contribution is 2.20. The average Bonchev–Trinajstić information content (AvgIpc) is 2.53. The molecule has 1 heterocycles. The standard InChI is InChI=1S/C7H12N2OS2/c8-6(1-3-10)5-12-7-9-2-4-11-7/h2,4,6,10H,1,3,5,8H2. The van der Waals surface area contributed by atoms with Gasteiger partial charge in [-0.25, -0.2) is 4.98 Å². The van der Waals surface area contributed by atoms with Crippen molar-refractivity contribution in [3.8, 4) is 0 Å². The van der Waals surface area contributed by atoms with Crippen LogP contribution in [0.3, 0.4) is 0 Å². The Morgan fingerprint density at radius 3 is 3.17 bits per heavy atom. The van der Waals surface area contributed by atoms with Crippen LogP contribution in [0.15, 0.2) is 15.9 Å². The lowest BCUT2D eigenvalue weighted by Crippen LogP contribution is -2.23. The molecule has 3 nitrogen and oxygen atoms in total. The van der Waals surface area contributed by atoms with Crippen LogP contribution in [-0.2, 0) is 0 Å². The molecule has 12 heavy (non-hydrogen) atoms. The number of hydrogen-bond donors (Lipinski definition) is 2. The van der Waals surface area contributed by atoms with E-state index in [4.69, 9.17) is 10.8 Å². The Bertz CT molecular complexity index is 203. The van der Waals surface area contributed by atoms with Crippen LogP contribution < -0.4 is 5.73 Å². The first-order valence-electron chi connectivity index (χ1n) is 3.71. The van der Waals surface area contributed by atoms with Gasteiger partial charge in [0.2, 0.25) is 0 Å². The molecule has 1 rings (SSSR count). The van der Waals surface area contributed by atoms with Crippen molar-refractivity contribution >= 4 is 23.1 Å². The second kappa shape index (κ2) is 5.53. The van der Waals surface area contributed by atoms with Gasteiger partial charge in [-0.3, -0.25) is 0 Å². The molecule has 1 aromatic rings. The normalized spacial score (nSPS) is 13.2. The van der Waals surface area contributed by atoms with Gasteiger partial charge in [0.25, 0.3) is 0 Å². The summed E-state index contributed by atoms with van der Waals surface area (Å²) >= 11 is 3.26. The van der Waals surface area contributed by atoms with Crippen LogP contribution in [-0.4, -0.2) is 28.5 Å². The van der Waals surface area contributed by atoms with Crippen LogP contribution in [0.25, 0.3) is 0 Å². The Labute approximate surface area is 80.0 Å². The number of rotatable bonds is 5. The fourth-order valence-electron chi connectivity index (χ4n) is 0.709. The van der Waals surface area contributed by atoms with Crippen molar-refractivity contribution in [1.29, 1.82) is 0 Å². The fraction of sp³-hybridized carbons (Fsp3) is 0.571. The highest BCUT2D eigenvalue weighted by atomic mass is 32.2. The first-order valence-corrected chi connectivity index (χ1v) is 5.58. The quantitative estimate of drug-likeness (QED) is 0.701. The third kappa shape index (κ3) is 3.53. The second-order valence-electron chi connectivity index (χ2n) is 2.38. The number of hydrogen-bond acceptors (Lipinski definition) is 5. The van der Waals surface area contributed by atoms with Gasteiger partial charge in [-0.15, -0.1) is 11.3 Å². The van der Waals surface area contributed by atoms with E-state index in [1.54, 1.807) is 29.3 Å². The molecule has 68 valence electrons. The number of aliphatic hydroxyl groups is 1. The van der Waals surface area contributed by atoms with Crippen LogP contribution in [0.1, 0.15) is 6.42 Å². The van der Waals surface area contributed by atoms with Gasteiger partial charge in [0.05, 0.1) is 0 Å². The summed E-state index contributed by atoms with van der Waals surface area (Å²) in [6, 6.07) is 0.0731. The molecule has 0 aromatic carbocycles. The summed E-state index contributed by atoms with van der Waals surface area (Å²) in [6.07, 6.45) is 2.45. The molecule has 0 saturated carbocycles. The van der Waals surface area contributed by atoms with Gasteiger partial charge in [0.15, 0.2) is 0 Å². The van der Waals surface area contributed by atoms with Gasteiger partial charge in [0, 0.05) is 30.0 Å². The summed E-state index contributed by atoms with van der Waals surface area (Å²) < 4.78 is 1.04. The van der Waals surface area contributed by atoms with Crippen LogP contribution in [0.4, 0.5) is 0 Å². The molecule has 5 heteroatoms. The topological polar surface area (TPSA) is 59.1 Å². The van der Waals surface area contributed by atoms with Crippen LogP contribution >= 0.6 is 23.1 Å². The Morgan fingerprint density at radius 1 is 1.75 bits per heavy atom. The molecule has 0 saturated heterocycles. The Balaban J connectivity index is 2.17. The summed E-state index contributed by atoms with van der Waals surface area (Å²) in [5.41, 5.74) is 5.70. The Hall–Kier alpha value is -0.100. The van der Waals surface area contributed by atoms with Crippen molar-refractivity contribution in [3.63, 3.8) is 0 Å². The minimum Gasteiger partial charge on any atom is -0.396 e. The first kappa shape index (κ1) is 9.98. The molecule has 0 aliphatic carbocycles. The molecule has 0 spiro atoms. The van der Waals surface area contributed by atoms with E-state index in [2.05, 4.69) is 4.98 Å². The van der Waals surface area contributed by atoms with Gasteiger partial charge in [-0.1, -0.05) is 11.8 Å². The summed E-state index contributed by atoms with van der Waals surface area (Å²) in [5.74, 6) is 0.827. The molecular weight excluding hydrogens is 192 g/mol. The van der Waals surface area contributed by atoms with E-state index in [-0.39, 0.29) is 12.6 Å². The number of thiazole rings is 1. The third-order valence-corrected chi connectivity index (χ3v) is 3.48. The van der Waals surface area contributed by atoms with Gasteiger partial charge in [-0.2, -0.15) is 0 Å². The molecule has 1 aromatic heterocycles. The zero-order valence-electron chi connectivity index (χ0n) is 6.64. The van der Waals surface area contributed by atoms with E-state index in [1.807, 2.05) is 5.38 Å². The number of aromatic nitrogens is 1. The number of thioether (sulfide) groups is 1. The average molecular weight is 204 g/mol. The predicted octanol–water partition coefficient (Wildman–Crippen LogP) is 0.945. The largest absolute Gasteiger partial charge is 0.396 e. The highest BCUT2D eigenvalue weighted by Gasteiger charge is 2.03. The van der Waals surface area contributed by atoms with E-state index >= 15 is 0 Å². The summed E-state index contributed by atoms with van der Waals surface area (Å²) in [4.78, 5) is 4.11. The van der Waals surface area contributed by atoms with Gasteiger partial charge < -0.3 is 10.8 Å². The molecule has 0 amide bonds. The summed E-state index contributed by atoms with van der Waals surface area (Å²) in [6.45, 7) is 0.166. The zero-order chi connectivity index (χ0) is 8.81. The fourth-order valence-corrected chi connectivity index (χ4v) is 2.37. The van der Waals surface area contributed by atoms with Crippen LogP contribution in [0.2, 0.25) is 0 Å². The molecule has 3 N–H and O–H groups in total. The second-order valence-corrected chi connectivity index (χ2v) is 4.54. The smallest absolute Gasteiger partial charge is 0.149 e.